The van der Waals surface area contributed by atoms with Gasteiger partial charge in [-0.3, -0.25) is 9.69 Å². The zero-order valence-electron chi connectivity index (χ0n) is 13.8. The molecule has 1 fully saturated rings. The van der Waals surface area contributed by atoms with Crippen LogP contribution in [0.5, 0.6) is 0 Å². The molecule has 1 atom stereocenters. The monoisotopic (exact) mass is 421 g/mol. The molecule has 1 aliphatic rings. The van der Waals surface area contributed by atoms with Crippen LogP contribution in [0.4, 0.5) is 4.39 Å². The fourth-order valence-corrected chi connectivity index (χ4v) is 4.21. The Morgan fingerprint density at radius 2 is 1.96 bits per heavy atom. The highest BCUT2D eigenvalue weighted by Gasteiger charge is 2.40. The first-order valence-electron chi connectivity index (χ1n) is 7.86. The predicted octanol–water partition coefficient (Wildman–Crippen LogP) is 4.38. The Kier molecular flexibility index (Phi) is 5.94. The number of carboxylic acids is 1. The van der Waals surface area contributed by atoms with Gasteiger partial charge in [-0.05, 0) is 23.8 Å². The molecule has 0 spiro atoms. The lowest BCUT2D eigenvalue weighted by molar-refractivity contribution is -0.145. The number of carbonyl (C=O) groups excluding carboxylic acids is 1. The summed E-state index contributed by atoms with van der Waals surface area (Å²) in [5.74, 6) is -2.32. The molecule has 1 N–H and O–H groups in total. The molecule has 1 aliphatic heterocycles. The molecule has 2 aromatic rings. The Morgan fingerprint density at radius 3 is 2.59 bits per heavy atom. The number of carbonyl (C=O) groups is 2. The third-order valence-corrected chi connectivity index (χ3v) is 5.63. The fraction of sp³-hybridized carbons (Fsp3) is 0.105. The highest BCUT2D eigenvalue weighted by atomic mass is 35.5. The number of hydrogen-bond donors (Lipinski definition) is 1. The van der Waals surface area contributed by atoms with Crippen molar-refractivity contribution in [3.05, 3.63) is 75.4 Å². The summed E-state index contributed by atoms with van der Waals surface area (Å²) in [7, 11) is 0. The lowest BCUT2D eigenvalue weighted by Gasteiger charge is -2.23. The van der Waals surface area contributed by atoms with Crippen LogP contribution in [0.1, 0.15) is 11.1 Å². The van der Waals surface area contributed by atoms with Crippen LogP contribution in [-0.4, -0.2) is 32.2 Å². The van der Waals surface area contributed by atoms with E-state index in [-0.39, 0.29) is 26.2 Å². The van der Waals surface area contributed by atoms with Gasteiger partial charge in [0.1, 0.15) is 16.2 Å². The first-order chi connectivity index (χ1) is 12.9. The van der Waals surface area contributed by atoms with Gasteiger partial charge in [0.25, 0.3) is 5.91 Å². The highest BCUT2D eigenvalue weighted by molar-refractivity contribution is 8.26. The maximum Gasteiger partial charge on any atom is 0.327 e. The van der Waals surface area contributed by atoms with E-state index in [1.165, 1.54) is 24.3 Å². The Balaban J connectivity index is 1.92. The summed E-state index contributed by atoms with van der Waals surface area (Å²) in [4.78, 5) is 25.8. The minimum absolute atomic E-state index is 0.0644. The second-order valence-electron chi connectivity index (χ2n) is 5.73. The van der Waals surface area contributed by atoms with Crippen LogP contribution in [0.3, 0.4) is 0 Å². The third kappa shape index (κ3) is 4.21. The van der Waals surface area contributed by atoms with Crippen LogP contribution in [0.25, 0.3) is 6.08 Å². The van der Waals surface area contributed by atoms with Gasteiger partial charge < -0.3 is 5.11 Å². The standard InChI is InChI=1S/C19H13ClFNO3S2/c20-13-7-4-8-14(21)12(13)10-16-17(23)22(19(26)27-16)15(18(24)25)9-11-5-2-1-3-6-11/h1-8,10,15H,9H2,(H,24,25)/b16-10-/t15-/m0/s1. The molecule has 1 heterocycles. The summed E-state index contributed by atoms with van der Waals surface area (Å²) in [6.07, 6.45) is 1.41. The number of carboxylic acid groups (broad SMARTS) is 1. The fourth-order valence-electron chi connectivity index (χ4n) is 2.65. The first kappa shape index (κ1) is 19.5. The number of amides is 1. The molecule has 0 aliphatic carbocycles. The summed E-state index contributed by atoms with van der Waals surface area (Å²) < 4.78 is 14.1. The van der Waals surface area contributed by atoms with Crippen molar-refractivity contribution in [2.24, 2.45) is 0 Å². The third-order valence-electron chi connectivity index (χ3n) is 3.97. The van der Waals surface area contributed by atoms with Crippen molar-refractivity contribution in [1.82, 2.24) is 4.90 Å². The summed E-state index contributed by atoms with van der Waals surface area (Å²) in [5, 5.41) is 9.78. The van der Waals surface area contributed by atoms with Crippen molar-refractivity contribution in [2.75, 3.05) is 0 Å². The number of nitrogens with zero attached hydrogens (tertiary/aromatic N) is 1. The van der Waals surface area contributed by atoms with Crippen molar-refractivity contribution in [1.29, 1.82) is 0 Å². The number of halogens is 2. The molecule has 2 aromatic carbocycles. The lowest BCUT2D eigenvalue weighted by Crippen LogP contribution is -2.45. The summed E-state index contributed by atoms with van der Waals surface area (Å²) >= 11 is 12.2. The number of thiocarbonyl (C=S) groups is 1. The molecule has 4 nitrogen and oxygen atoms in total. The summed E-state index contributed by atoms with van der Waals surface area (Å²) in [6.45, 7) is 0. The molecule has 1 amide bonds. The van der Waals surface area contributed by atoms with Crippen LogP contribution in [0.15, 0.2) is 53.4 Å². The predicted molar refractivity (Wildman–Crippen MR) is 108 cm³/mol. The van der Waals surface area contributed by atoms with Crippen LogP contribution < -0.4 is 0 Å². The Labute approximate surface area is 169 Å². The molecule has 138 valence electrons. The molecule has 0 aromatic heterocycles. The topological polar surface area (TPSA) is 57.6 Å². The second kappa shape index (κ2) is 8.21. The van der Waals surface area contributed by atoms with Crippen LogP contribution in [0.2, 0.25) is 5.02 Å². The average molecular weight is 422 g/mol. The van der Waals surface area contributed by atoms with E-state index in [4.69, 9.17) is 23.8 Å². The maximum atomic E-state index is 14.0. The summed E-state index contributed by atoms with van der Waals surface area (Å²) in [6, 6.07) is 12.0. The summed E-state index contributed by atoms with van der Waals surface area (Å²) in [5.41, 5.74) is 0.828. The van der Waals surface area contributed by atoms with Gasteiger partial charge in [0.05, 0.1) is 9.93 Å². The Hall–Kier alpha value is -2.22. The number of rotatable bonds is 5. The van der Waals surface area contributed by atoms with Crippen LogP contribution in [0, 0.1) is 5.82 Å². The molecule has 0 saturated carbocycles. The van der Waals surface area contributed by atoms with Crippen molar-refractivity contribution < 1.29 is 19.1 Å². The quantitative estimate of drug-likeness (QED) is 0.573. The molecule has 8 heteroatoms. The van der Waals surface area contributed by atoms with Gasteiger partial charge in [-0.2, -0.15) is 0 Å². The largest absolute Gasteiger partial charge is 0.480 e. The van der Waals surface area contributed by atoms with Gasteiger partial charge in [-0.1, -0.05) is 72.0 Å². The van der Waals surface area contributed by atoms with E-state index in [1.54, 1.807) is 24.3 Å². The molecular formula is C19H13ClFNO3S2. The van der Waals surface area contributed by atoms with Gasteiger partial charge in [-0.15, -0.1) is 0 Å². The van der Waals surface area contributed by atoms with E-state index < -0.39 is 23.7 Å². The van der Waals surface area contributed by atoms with E-state index in [9.17, 15) is 19.1 Å². The minimum Gasteiger partial charge on any atom is -0.480 e. The Bertz CT molecular complexity index is 929. The van der Waals surface area contributed by atoms with Crippen molar-refractivity contribution in [2.45, 2.75) is 12.5 Å². The van der Waals surface area contributed by atoms with Crippen molar-refractivity contribution >= 4 is 57.9 Å². The maximum absolute atomic E-state index is 14.0. The van der Waals surface area contributed by atoms with Crippen molar-refractivity contribution in [3.8, 4) is 0 Å². The molecule has 1 saturated heterocycles. The molecule has 0 radical (unpaired) electrons. The number of benzene rings is 2. The van der Waals surface area contributed by atoms with E-state index in [0.717, 1.165) is 22.2 Å². The van der Waals surface area contributed by atoms with Gasteiger partial charge in [-0.25, -0.2) is 9.18 Å². The number of thioether (sulfide) groups is 1. The number of hydrogen-bond acceptors (Lipinski definition) is 4. The number of aliphatic carboxylic acids is 1. The van der Waals surface area contributed by atoms with Crippen LogP contribution in [-0.2, 0) is 16.0 Å². The lowest BCUT2D eigenvalue weighted by atomic mass is 10.0. The van der Waals surface area contributed by atoms with E-state index in [0.29, 0.717) is 0 Å². The van der Waals surface area contributed by atoms with Gasteiger partial charge in [0.2, 0.25) is 0 Å². The minimum atomic E-state index is -1.17. The van der Waals surface area contributed by atoms with E-state index in [1.807, 2.05) is 6.07 Å². The normalized spacial score (nSPS) is 16.8. The average Bonchev–Trinajstić information content (AvgIpc) is 2.90. The smallest absolute Gasteiger partial charge is 0.327 e. The molecule has 0 bridgehead atoms. The van der Waals surface area contributed by atoms with E-state index in [2.05, 4.69) is 0 Å². The molecule has 0 unspecified atom stereocenters. The zero-order chi connectivity index (χ0) is 19.6. The van der Waals surface area contributed by atoms with Crippen molar-refractivity contribution in [3.63, 3.8) is 0 Å². The molecular weight excluding hydrogens is 409 g/mol. The second-order valence-corrected chi connectivity index (χ2v) is 7.81. The van der Waals surface area contributed by atoms with E-state index >= 15 is 0 Å². The zero-order valence-corrected chi connectivity index (χ0v) is 16.2. The van der Waals surface area contributed by atoms with Gasteiger partial charge in [0, 0.05) is 12.0 Å². The Morgan fingerprint density at radius 1 is 1.26 bits per heavy atom. The van der Waals surface area contributed by atoms with Gasteiger partial charge >= 0.3 is 5.97 Å². The SMILES string of the molecule is O=C(O)[C@H](Cc1ccccc1)N1C(=O)/C(=C/c2c(F)cccc2Cl)SC1=S. The van der Waals surface area contributed by atoms with Crippen LogP contribution >= 0.6 is 35.6 Å². The highest BCUT2D eigenvalue weighted by Crippen LogP contribution is 2.36. The molecule has 27 heavy (non-hydrogen) atoms. The molecule has 3 rings (SSSR count). The first-order valence-corrected chi connectivity index (χ1v) is 9.46. The van der Waals surface area contributed by atoms with Gasteiger partial charge in [0.15, 0.2) is 0 Å².